The van der Waals surface area contributed by atoms with Crippen molar-refractivity contribution in [3.63, 3.8) is 0 Å². The van der Waals surface area contributed by atoms with Crippen LogP contribution in [0.4, 0.5) is 0 Å². The second-order valence-corrected chi connectivity index (χ2v) is 13.1. The molecule has 192 valence electrons. The van der Waals surface area contributed by atoms with Gasteiger partial charge in [-0.3, -0.25) is 13.9 Å². The smallest absolute Gasteiger partial charge is 0.391 e. The molecule has 0 aromatic heterocycles. The molecule has 6 fully saturated rings. The Morgan fingerprint density at radius 2 is 1.68 bits per heavy atom. The zero-order valence-electron chi connectivity index (χ0n) is 18.6. The van der Waals surface area contributed by atoms with E-state index in [1.54, 1.807) is 13.8 Å². The van der Waals surface area contributed by atoms with Crippen molar-refractivity contribution in [2.24, 2.45) is 34.0 Å². The number of fused-ring (bicyclic) bond motifs is 2. The van der Waals surface area contributed by atoms with E-state index < -0.39 is 84.7 Å². The van der Waals surface area contributed by atoms with Crippen molar-refractivity contribution < 1.29 is 54.1 Å². The summed E-state index contributed by atoms with van der Waals surface area (Å²) in [5, 5.41) is 23.4. The number of ketones is 1. The van der Waals surface area contributed by atoms with Crippen LogP contribution < -0.4 is 0 Å². The molecule has 0 aromatic rings. The van der Waals surface area contributed by atoms with Crippen molar-refractivity contribution in [1.82, 2.24) is 0 Å². The molecule has 6 aliphatic rings. The molecule has 5 unspecified atom stereocenters. The number of hydrogen-bond donors (Lipinski definition) is 4. The second kappa shape index (κ2) is 6.86. The molecule has 12 nitrogen and oxygen atoms in total. The minimum atomic E-state index is -5.21. The van der Waals surface area contributed by atoms with Crippen LogP contribution in [0.5, 0.6) is 0 Å². The van der Waals surface area contributed by atoms with Gasteiger partial charge in [0.2, 0.25) is 5.79 Å². The summed E-state index contributed by atoms with van der Waals surface area (Å²) in [5.41, 5.74) is -4.40. The molecule has 0 aromatic carbocycles. The lowest BCUT2D eigenvalue weighted by molar-refractivity contribution is -0.453. The first-order valence-corrected chi connectivity index (χ1v) is 13.8. The third-order valence-electron chi connectivity index (χ3n) is 9.29. The van der Waals surface area contributed by atoms with Crippen molar-refractivity contribution in [3.8, 4) is 0 Å². The van der Waals surface area contributed by atoms with Crippen LogP contribution in [-0.2, 0) is 38.7 Å². The molecule has 4 saturated carbocycles. The molecule has 2 heterocycles. The van der Waals surface area contributed by atoms with Crippen LogP contribution in [0.2, 0.25) is 0 Å². The average molecular weight is 525 g/mol. The van der Waals surface area contributed by atoms with Crippen molar-refractivity contribution >= 4 is 26.6 Å². The van der Waals surface area contributed by atoms with Gasteiger partial charge in [-0.25, -0.2) is 8.37 Å². The second-order valence-electron chi connectivity index (χ2n) is 11.0. The van der Waals surface area contributed by atoms with Gasteiger partial charge in [-0.05, 0) is 42.6 Å². The van der Waals surface area contributed by atoms with E-state index >= 15 is 0 Å². The molecular formula is C20H28O12S2. The Morgan fingerprint density at radius 3 is 2.26 bits per heavy atom. The van der Waals surface area contributed by atoms with Crippen LogP contribution in [0.15, 0.2) is 12.2 Å². The zero-order valence-corrected chi connectivity index (χ0v) is 20.2. The van der Waals surface area contributed by atoms with Gasteiger partial charge < -0.3 is 14.9 Å². The van der Waals surface area contributed by atoms with Gasteiger partial charge in [0.25, 0.3) is 0 Å². The highest BCUT2D eigenvalue weighted by Gasteiger charge is 2.88. The Morgan fingerprint density at radius 1 is 1.06 bits per heavy atom. The van der Waals surface area contributed by atoms with Crippen molar-refractivity contribution in [2.45, 2.75) is 63.6 Å². The van der Waals surface area contributed by atoms with Gasteiger partial charge in [0.1, 0.15) is 11.5 Å². The highest BCUT2D eigenvalue weighted by Crippen LogP contribution is 2.77. The predicted octanol–water partition coefficient (Wildman–Crippen LogP) is 0.0298. The first kappa shape index (κ1) is 24.7. The lowest BCUT2D eigenvalue weighted by atomic mass is 9.35. The number of carbonyl (C=O) groups is 1. The Bertz CT molecular complexity index is 1180. The summed E-state index contributed by atoms with van der Waals surface area (Å²) in [7, 11) is -10.2. The molecule has 6 rings (SSSR count). The fraction of sp³-hybridized carbons (Fsp3) is 0.850. The lowest BCUT2D eigenvalue weighted by Crippen LogP contribution is -2.86. The molecule has 2 saturated heterocycles. The summed E-state index contributed by atoms with van der Waals surface area (Å²) >= 11 is 0. The van der Waals surface area contributed by atoms with Gasteiger partial charge in [-0.1, -0.05) is 20.4 Å². The first-order chi connectivity index (χ1) is 15.4. The molecule has 2 spiro atoms. The normalized spacial score (nSPS) is 49.6. The predicted molar refractivity (Wildman–Crippen MR) is 111 cm³/mol. The highest BCUT2D eigenvalue weighted by atomic mass is 32.3. The Hall–Kier alpha value is -0.970. The van der Waals surface area contributed by atoms with Gasteiger partial charge in [0.05, 0.1) is 18.8 Å². The van der Waals surface area contributed by atoms with Crippen LogP contribution >= 0.6 is 0 Å². The number of Topliss-reactive ketones (excluding diaryl/α,β-unsaturated/α-hetero) is 1. The van der Waals surface area contributed by atoms with Crippen LogP contribution in [0, 0.1) is 34.0 Å². The summed E-state index contributed by atoms with van der Waals surface area (Å²) in [6, 6.07) is 0. The number of aliphatic hydroxyl groups excluding tert-OH is 1. The number of ether oxygens (including phenoxy) is 1. The zero-order chi connectivity index (χ0) is 25.3. The summed E-state index contributed by atoms with van der Waals surface area (Å²) in [5.74, 6) is -6.07. The topological polar surface area (TPSA) is 194 Å². The molecule has 14 heteroatoms. The van der Waals surface area contributed by atoms with E-state index in [1.807, 2.05) is 0 Å². The highest BCUT2D eigenvalue weighted by molar-refractivity contribution is 7.81. The van der Waals surface area contributed by atoms with E-state index in [2.05, 4.69) is 6.58 Å². The number of carbonyl (C=O) groups excluding carboxylic acids is 1. The molecule has 4 bridgehead atoms. The molecule has 0 radical (unpaired) electrons. The Labute approximate surface area is 197 Å². The van der Waals surface area contributed by atoms with E-state index in [4.69, 9.17) is 13.1 Å². The summed E-state index contributed by atoms with van der Waals surface area (Å²) < 4.78 is 82.6. The number of aliphatic hydroxyl groups is 2. The molecular weight excluding hydrogens is 496 g/mol. The van der Waals surface area contributed by atoms with Crippen molar-refractivity contribution in [1.29, 1.82) is 0 Å². The van der Waals surface area contributed by atoms with E-state index in [0.717, 1.165) is 0 Å². The van der Waals surface area contributed by atoms with E-state index in [0.29, 0.717) is 6.42 Å². The molecule has 4 N–H and O–H groups in total. The maximum absolute atomic E-state index is 13.7. The molecule has 4 aliphatic carbocycles. The first-order valence-electron chi connectivity index (χ1n) is 11.0. The Kier molecular flexibility index (Phi) is 4.99. The van der Waals surface area contributed by atoms with E-state index in [9.17, 15) is 40.9 Å². The SMILES string of the molecule is C=C1C(=O)C23C(CCC1[C@H]2O)C12CO[C@@]3(O)[C@@H](OS(=O)(=O)O)C1C(C)(C)CC[C@@H]2OS(=O)(=O)O. The summed E-state index contributed by atoms with van der Waals surface area (Å²) in [4.78, 5) is 13.7. The Balaban J connectivity index is 1.83. The lowest BCUT2D eigenvalue weighted by Gasteiger charge is -2.75. The molecule has 2 aliphatic heterocycles. The minimum absolute atomic E-state index is 0.0421. The van der Waals surface area contributed by atoms with Crippen LogP contribution in [0.1, 0.15) is 39.5 Å². The quantitative estimate of drug-likeness (QED) is 0.285. The average Bonchev–Trinajstić information content (AvgIpc) is 2.78. The third kappa shape index (κ3) is 2.80. The fourth-order valence-electron chi connectivity index (χ4n) is 8.37. The maximum Gasteiger partial charge on any atom is 0.397 e. The maximum atomic E-state index is 13.7. The van der Waals surface area contributed by atoms with Crippen LogP contribution in [0.25, 0.3) is 0 Å². The van der Waals surface area contributed by atoms with Crippen molar-refractivity contribution in [2.75, 3.05) is 6.61 Å². The number of rotatable bonds is 4. The summed E-state index contributed by atoms with van der Waals surface area (Å²) in [6.07, 6.45) is -3.79. The van der Waals surface area contributed by atoms with E-state index in [-0.39, 0.29) is 31.4 Å². The monoisotopic (exact) mass is 524 g/mol. The van der Waals surface area contributed by atoms with E-state index in [1.165, 1.54) is 0 Å². The van der Waals surface area contributed by atoms with Crippen LogP contribution in [-0.4, -0.2) is 72.6 Å². The van der Waals surface area contributed by atoms with Gasteiger partial charge in [-0.15, -0.1) is 0 Å². The fourth-order valence-corrected chi connectivity index (χ4v) is 9.44. The largest absolute Gasteiger partial charge is 0.397 e. The third-order valence-corrected chi connectivity index (χ3v) is 10.2. The standard InChI is InChI=1S/C20H28O12S2/c1-9-10-4-5-11-18-8-30-20(23,19(11,14(9)21)15(10)22)16(32-34(27,28)29)13(18)17(2,3)7-6-12(18)31-33(24,25)26/h10-13,15-16,22-23H,1,4-8H2,2-3H3,(H,24,25,26)(H,27,28,29)/t10?,11?,12-,13?,15+,16-,18?,19?,20-/m0/s1. The van der Waals surface area contributed by atoms with Gasteiger partial charge in [0.15, 0.2) is 5.78 Å². The van der Waals surface area contributed by atoms with Crippen LogP contribution in [0.3, 0.4) is 0 Å². The molecule has 0 amide bonds. The number of hydrogen-bond acceptors (Lipinski definition) is 10. The van der Waals surface area contributed by atoms with Gasteiger partial charge in [-0.2, -0.15) is 16.8 Å². The van der Waals surface area contributed by atoms with Gasteiger partial charge >= 0.3 is 20.8 Å². The molecule has 9 atom stereocenters. The van der Waals surface area contributed by atoms with Gasteiger partial charge in [0, 0.05) is 17.3 Å². The summed E-state index contributed by atoms with van der Waals surface area (Å²) in [6.45, 7) is 6.95. The minimum Gasteiger partial charge on any atom is -0.391 e. The molecule has 34 heavy (non-hydrogen) atoms. The van der Waals surface area contributed by atoms with Crippen molar-refractivity contribution in [3.05, 3.63) is 12.2 Å².